The Kier molecular flexibility index (Phi) is 4.57. The third kappa shape index (κ3) is 3.58. The van der Waals surface area contributed by atoms with E-state index in [9.17, 15) is 13.0 Å². The van der Waals surface area contributed by atoms with E-state index in [4.69, 9.17) is 0 Å². The molecule has 0 bridgehead atoms. The van der Waals surface area contributed by atoms with Gasteiger partial charge in [0.25, 0.3) is 6.43 Å². The Bertz CT molecular complexity index is 1380. The van der Waals surface area contributed by atoms with Crippen molar-refractivity contribution in [1.82, 2.24) is 39.7 Å². The number of pyridine rings is 1. The zero-order valence-electron chi connectivity index (χ0n) is 16.7. The van der Waals surface area contributed by atoms with E-state index in [1.165, 1.54) is 17.2 Å². The molecule has 0 amide bonds. The van der Waals surface area contributed by atoms with Gasteiger partial charge in [-0.2, -0.15) is 19.7 Å². The molecule has 1 unspecified atom stereocenters. The van der Waals surface area contributed by atoms with Gasteiger partial charge in [-0.25, -0.2) is 27.6 Å². The van der Waals surface area contributed by atoms with Crippen molar-refractivity contribution in [3.63, 3.8) is 0 Å². The third-order valence-electron chi connectivity index (χ3n) is 5.11. The Balaban J connectivity index is 1.85. The first-order chi connectivity index (χ1) is 14.8. The highest BCUT2D eigenvalue weighted by Crippen LogP contribution is 2.38. The van der Waals surface area contributed by atoms with Gasteiger partial charge >= 0.3 is 0 Å². The molecule has 4 aromatic rings. The molecule has 10 nitrogen and oxygen atoms in total. The lowest BCUT2D eigenvalue weighted by Crippen LogP contribution is -2.09. The van der Waals surface area contributed by atoms with Gasteiger partial charge in [0, 0.05) is 24.8 Å². The van der Waals surface area contributed by atoms with Crippen molar-refractivity contribution in [2.24, 2.45) is 11.4 Å². The van der Waals surface area contributed by atoms with Crippen LogP contribution in [-0.2, 0) is 23.3 Å². The van der Waals surface area contributed by atoms with E-state index in [0.717, 1.165) is 12.8 Å². The summed E-state index contributed by atoms with van der Waals surface area (Å²) in [5, 5.41) is 15.2. The van der Waals surface area contributed by atoms with Crippen LogP contribution < -0.4 is 0 Å². The van der Waals surface area contributed by atoms with Crippen LogP contribution in [0.2, 0.25) is 0 Å². The summed E-state index contributed by atoms with van der Waals surface area (Å²) in [4.78, 5) is 8.90. The summed E-state index contributed by atoms with van der Waals surface area (Å²) in [6.45, 7) is -0.646. The molecular weight excluding hydrogens is 428 g/mol. The van der Waals surface area contributed by atoms with Crippen LogP contribution in [0.25, 0.3) is 33.9 Å². The number of H-pyrrole nitrogens is 1. The number of hydrogen-bond acceptors (Lipinski definition) is 7. The zero-order chi connectivity index (χ0) is 21.8. The lowest BCUT2D eigenvalue weighted by Gasteiger charge is -2.09. The average molecular weight is 447 g/mol. The molecule has 13 heteroatoms. The van der Waals surface area contributed by atoms with Crippen LogP contribution in [0.5, 0.6) is 0 Å². The molecule has 31 heavy (non-hydrogen) atoms. The number of alkyl halides is 2. The number of aromatic nitrogens is 8. The van der Waals surface area contributed by atoms with Crippen LogP contribution in [-0.4, -0.2) is 61.9 Å². The smallest absolute Gasteiger partial charge is 0.257 e. The lowest BCUT2D eigenvalue weighted by molar-refractivity contribution is 0.123. The number of nitrogens with zero attached hydrogens (tertiary/aromatic N) is 8. The molecule has 4 heterocycles. The van der Waals surface area contributed by atoms with Gasteiger partial charge in [-0.1, -0.05) is 0 Å². The summed E-state index contributed by atoms with van der Waals surface area (Å²) < 4.78 is 47.1. The fourth-order valence-corrected chi connectivity index (χ4v) is 5.17. The largest absolute Gasteiger partial charge is 0.276 e. The molecule has 0 aliphatic heterocycles. The van der Waals surface area contributed by atoms with Gasteiger partial charge in [-0.3, -0.25) is 9.78 Å². The standard InChI is InChI=1S/C18H19F2N9OS/c1-28-18(21-9-23-28)13-7-12(27-31(2,30)10-3-4-10)17-16(24-13)15(11-5-6-22-25-11)26-29(17)8-14(19)20/h5-7,9-10,14H,3-4,8H2,1-2H3,(H,22,25). The molecule has 0 aromatic carbocycles. The van der Waals surface area contributed by atoms with Gasteiger partial charge in [-0.05, 0) is 25.0 Å². The van der Waals surface area contributed by atoms with Gasteiger partial charge in [-0.15, -0.1) is 0 Å². The minimum Gasteiger partial charge on any atom is -0.276 e. The Morgan fingerprint density at radius 1 is 1.39 bits per heavy atom. The Morgan fingerprint density at radius 2 is 2.19 bits per heavy atom. The van der Waals surface area contributed by atoms with Gasteiger partial charge in [0.05, 0.1) is 15.4 Å². The molecule has 1 aliphatic rings. The summed E-state index contributed by atoms with van der Waals surface area (Å²) in [6, 6.07) is 3.29. The van der Waals surface area contributed by atoms with Gasteiger partial charge in [0.1, 0.15) is 41.0 Å². The summed E-state index contributed by atoms with van der Waals surface area (Å²) >= 11 is 0. The zero-order valence-corrected chi connectivity index (χ0v) is 17.6. The van der Waals surface area contributed by atoms with Crippen LogP contribution >= 0.6 is 0 Å². The summed E-state index contributed by atoms with van der Waals surface area (Å²) in [7, 11) is -0.845. The van der Waals surface area contributed by atoms with Crippen LogP contribution in [0.15, 0.2) is 29.0 Å². The Labute approximate surface area is 175 Å². The molecule has 1 N–H and O–H groups in total. The topological polar surface area (TPSA) is 120 Å². The third-order valence-corrected chi connectivity index (χ3v) is 7.37. The Hall–Kier alpha value is -3.22. The summed E-state index contributed by atoms with van der Waals surface area (Å²) in [6.07, 6.45) is 3.55. The minimum atomic E-state index is -2.64. The van der Waals surface area contributed by atoms with Crippen molar-refractivity contribution in [2.45, 2.75) is 31.1 Å². The van der Waals surface area contributed by atoms with Crippen molar-refractivity contribution in [2.75, 3.05) is 6.26 Å². The number of fused-ring (bicyclic) bond motifs is 1. The fraction of sp³-hybridized carbons (Fsp3) is 0.389. The van der Waals surface area contributed by atoms with E-state index < -0.39 is 22.7 Å². The maximum absolute atomic E-state index is 13.4. The van der Waals surface area contributed by atoms with E-state index >= 15 is 0 Å². The fourth-order valence-electron chi connectivity index (χ4n) is 3.48. The van der Waals surface area contributed by atoms with Crippen molar-refractivity contribution in [3.05, 3.63) is 24.7 Å². The molecule has 0 radical (unpaired) electrons. The quantitative estimate of drug-likeness (QED) is 0.485. The van der Waals surface area contributed by atoms with Crippen molar-refractivity contribution in [3.8, 4) is 22.9 Å². The highest BCUT2D eigenvalue weighted by Gasteiger charge is 2.31. The van der Waals surface area contributed by atoms with Crippen LogP contribution in [0.4, 0.5) is 14.5 Å². The second-order valence-electron chi connectivity index (χ2n) is 7.47. The highest BCUT2D eigenvalue weighted by atomic mass is 32.2. The van der Waals surface area contributed by atoms with E-state index in [1.807, 2.05) is 0 Å². The number of nitrogens with one attached hydrogen (secondary N) is 1. The molecular formula is C18H19F2N9OS. The average Bonchev–Trinajstić information content (AvgIpc) is 3.11. The van der Waals surface area contributed by atoms with Gasteiger partial charge < -0.3 is 0 Å². The van der Waals surface area contributed by atoms with Crippen LogP contribution in [0.3, 0.4) is 0 Å². The maximum atomic E-state index is 13.4. The predicted octanol–water partition coefficient (Wildman–Crippen LogP) is 2.77. The van der Waals surface area contributed by atoms with Gasteiger partial charge in [0.15, 0.2) is 5.82 Å². The number of hydrogen-bond donors (Lipinski definition) is 1. The van der Waals surface area contributed by atoms with E-state index in [1.54, 1.807) is 30.1 Å². The molecule has 162 valence electrons. The van der Waals surface area contributed by atoms with Crippen molar-refractivity contribution in [1.29, 1.82) is 0 Å². The van der Waals surface area contributed by atoms with E-state index in [-0.39, 0.29) is 5.25 Å². The van der Waals surface area contributed by atoms with Crippen LogP contribution in [0.1, 0.15) is 12.8 Å². The van der Waals surface area contributed by atoms with Crippen LogP contribution in [0, 0.1) is 0 Å². The summed E-state index contributed by atoms with van der Waals surface area (Å²) in [5.41, 5.74) is 2.23. The van der Waals surface area contributed by atoms with Crippen molar-refractivity contribution < 1.29 is 13.0 Å². The molecule has 0 spiro atoms. The SMILES string of the molecule is Cn1ncnc1-c1cc(N=S(C)(=O)C2CC2)c2c(n1)c(-c1ccn[nH]1)nn2CC(F)F. The molecule has 1 fully saturated rings. The first kappa shape index (κ1) is 19.7. The van der Waals surface area contributed by atoms with E-state index in [0.29, 0.717) is 39.6 Å². The first-order valence-electron chi connectivity index (χ1n) is 9.58. The highest BCUT2D eigenvalue weighted by molar-refractivity contribution is 7.93. The predicted molar refractivity (Wildman–Crippen MR) is 110 cm³/mol. The Morgan fingerprint density at radius 3 is 2.81 bits per heavy atom. The molecule has 0 saturated heterocycles. The monoisotopic (exact) mass is 447 g/mol. The second-order valence-corrected chi connectivity index (χ2v) is 10.0. The molecule has 1 atom stereocenters. The maximum Gasteiger partial charge on any atom is 0.257 e. The molecule has 1 saturated carbocycles. The van der Waals surface area contributed by atoms with Crippen molar-refractivity contribution >= 4 is 26.4 Å². The van der Waals surface area contributed by atoms with E-state index in [2.05, 4.69) is 34.7 Å². The normalized spacial score (nSPS) is 16.2. The second kappa shape index (κ2) is 7.18. The molecule has 5 rings (SSSR count). The lowest BCUT2D eigenvalue weighted by atomic mass is 10.2. The number of halogens is 2. The molecule has 1 aliphatic carbocycles. The number of aryl methyl sites for hydroxylation is 1. The number of rotatable bonds is 6. The number of aromatic amines is 1. The first-order valence-corrected chi connectivity index (χ1v) is 11.6. The summed E-state index contributed by atoms with van der Waals surface area (Å²) in [5.74, 6) is 0.463. The van der Waals surface area contributed by atoms with Gasteiger partial charge in [0.2, 0.25) is 0 Å². The molecule has 4 aromatic heterocycles. The minimum absolute atomic E-state index is 0.00691.